The first kappa shape index (κ1) is 13.5. The highest BCUT2D eigenvalue weighted by Crippen LogP contribution is 2.34. The highest BCUT2D eigenvalue weighted by atomic mass is 35.5. The van der Waals surface area contributed by atoms with Gasteiger partial charge in [0.05, 0.1) is 0 Å². The van der Waals surface area contributed by atoms with Gasteiger partial charge in [-0.1, -0.05) is 19.9 Å². The van der Waals surface area contributed by atoms with Gasteiger partial charge in [0.2, 0.25) is 0 Å². The molecule has 3 nitrogen and oxygen atoms in total. The normalized spacial score (nSPS) is 14.6. The third kappa shape index (κ3) is 3.09. The molecule has 0 saturated carbocycles. The van der Waals surface area contributed by atoms with Gasteiger partial charge < -0.3 is 14.8 Å². The molecule has 0 radical (unpaired) electrons. The van der Waals surface area contributed by atoms with Gasteiger partial charge in [0.15, 0.2) is 11.5 Å². The minimum absolute atomic E-state index is 0.0435. The molecule has 1 heterocycles. The van der Waals surface area contributed by atoms with Crippen LogP contribution in [0.4, 0.5) is 0 Å². The lowest BCUT2D eigenvalue weighted by atomic mass is 9.84. The molecule has 0 aromatic heterocycles. The molecule has 0 bridgehead atoms. The first-order chi connectivity index (χ1) is 8.63. The molecule has 1 aliphatic rings. The van der Waals surface area contributed by atoms with Crippen LogP contribution in [-0.2, 0) is 5.41 Å². The summed E-state index contributed by atoms with van der Waals surface area (Å²) in [4.78, 5) is 0. The van der Waals surface area contributed by atoms with E-state index in [9.17, 15) is 0 Å². The second-order valence-electron chi connectivity index (χ2n) is 5.11. The summed E-state index contributed by atoms with van der Waals surface area (Å²) in [5.74, 6) is 2.33. The summed E-state index contributed by atoms with van der Waals surface area (Å²) in [5, 5.41) is 3.35. The third-order valence-corrected chi connectivity index (χ3v) is 3.35. The number of rotatable bonds is 5. The topological polar surface area (TPSA) is 30.5 Å². The quantitative estimate of drug-likeness (QED) is 0.658. The Bertz CT molecular complexity index is 407. The van der Waals surface area contributed by atoms with Crippen LogP contribution >= 0.6 is 11.6 Å². The molecule has 4 heteroatoms. The number of benzene rings is 1. The zero-order chi connectivity index (χ0) is 13.0. The van der Waals surface area contributed by atoms with E-state index < -0.39 is 0 Å². The minimum Gasteiger partial charge on any atom is -0.486 e. The third-order valence-electron chi connectivity index (χ3n) is 3.16. The molecule has 1 N–H and O–H groups in total. The molecule has 0 saturated heterocycles. The van der Waals surface area contributed by atoms with Crippen molar-refractivity contribution in [1.82, 2.24) is 5.32 Å². The molecule has 1 aliphatic heterocycles. The molecule has 1 aromatic rings. The highest BCUT2D eigenvalue weighted by molar-refractivity contribution is 6.18. The summed E-state index contributed by atoms with van der Waals surface area (Å²) in [7, 11) is 0. The van der Waals surface area contributed by atoms with Crippen LogP contribution in [0.1, 0.15) is 19.4 Å². The van der Waals surface area contributed by atoms with Crippen molar-refractivity contribution in [3.8, 4) is 11.5 Å². The molecule has 18 heavy (non-hydrogen) atoms. The summed E-state index contributed by atoms with van der Waals surface area (Å²) < 4.78 is 11.1. The first-order valence-electron chi connectivity index (χ1n) is 6.30. The molecule has 2 rings (SSSR count). The molecule has 0 spiro atoms. The fraction of sp³-hybridized carbons (Fsp3) is 0.571. The van der Waals surface area contributed by atoms with Crippen molar-refractivity contribution in [2.45, 2.75) is 19.3 Å². The van der Waals surface area contributed by atoms with Crippen molar-refractivity contribution in [1.29, 1.82) is 0 Å². The zero-order valence-corrected chi connectivity index (χ0v) is 11.7. The SMILES string of the molecule is CC(C)(CNCCCl)c1ccc2c(c1)OCCO2. The molecule has 0 amide bonds. The van der Waals surface area contributed by atoms with Gasteiger partial charge in [0, 0.05) is 24.4 Å². The van der Waals surface area contributed by atoms with Crippen LogP contribution in [0, 0.1) is 0 Å². The van der Waals surface area contributed by atoms with Crippen LogP contribution in [-0.4, -0.2) is 32.2 Å². The van der Waals surface area contributed by atoms with Crippen molar-refractivity contribution < 1.29 is 9.47 Å². The van der Waals surface area contributed by atoms with E-state index in [1.54, 1.807) is 0 Å². The van der Waals surface area contributed by atoms with Crippen molar-refractivity contribution in [2.75, 3.05) is 32.2 Å². The predicted octanol–water partition coefficient (Wildman–Crippen LogP) is 2.56. The Balaban J connectivity index is 2.11. The first-order valence-corrected chi connectivity index (χ1v) is 6.84. The molecule has 0 unspecified atom stereocenters. The number of halogens is 1. The summed E-state index contributed by atoms with van der Waals surface area (Å²) in [6.07, 6.45) is 0. The van der Waals surface area contributed by atoms with E-state index >= 15 is 0 Å². The van der Waals surface area contributed by atoms with Gasteiger partial charge >= 0.3 is 0 Å². The van der Waals surface area contributed by atoms with E-state index in [0.29, 0.717) is 19.1 Å². The zero-order valence-electron chi connectivity index (χ0n) is 11.0. The van der Waals surface area contributed by atoms with Crippen molar-refractivity contribution >= 4 is 11.6 Å². The Morgan fingerprint density at radius 1 is 1.22 bits per heavy atom. The molecular formula is C14H20ClNO2. The van der Waals surface area contributed by atoms with Crippen LogP contribution in [0.15, 0.2) is 18.2 Å². The van der Waals surface area contributed by atoms with Gasteiger partial charge in [-0.15, -0.1) is 11.6 Å². The summed E-state index contributed by atoms with van der Waals surface area (Å²) in [5.41, 5.74) is 1.29. The summed E-state index contributed by atoms with van der Waals surface area (Å²) >= 11 is 5.67. The fourth-order valence-electron chi connectivity index (χ4n) is 2.03. The number of nitrogens with one attached hydrogen (secondary N) is 1. The summed E-state index contributed by atoms with van der Waals surface area (Å²) in [6, 6.07) is 6.18. The highest BCUT2D eigenvalue weighted by Gasteiger charge is 2.22. The molecule has 0 fully saturated rings. The maximum Gasteiger partial charge on any atom is 0.161 e. The lowest BCUT2D eigenvalue weighted by Gasteiger charge is -2.27. The molecule has 0 atom stereocenters. The lowest BCUT2D eigenvalue weighted by Crippen LogP contribution is -2.34. The van der Waals surface area contributed by atoms with Crippen molar-refractivity contribution in [3.05, 3.63) is 23.8 Å². The van der Waals surface area contributed by atoms with E-state index in [2.05, 4.69) is 31.3 Å². The Labute approximate surface area is 113 Å². The van der Waals surface area contributed by atoms with E-state index in [-0.39, 0.29) is 5.41 Å². The lowest BCUT2D eigenvalue weighted by molar-refractivity contribution is 0.171. The molecule has 0 aliphatic carbocycles. The Morgan fingerprint density at radius 2 is 1.94 bits per heavy atom. The van der Waals surface area contributed by atoms with Crippen LogP contribution < -0.4 is 14.8 Å². The maximum absolute atomic E-state index is 5.67. The smallest absolute Gasteiger partial charge is 0.161 e. The Morgan fingerprint density at radius 3 is 2.67 bits per heavy atom. The molecule has 1 aromatic carbocycles. The number of ether oxygens (including phenoxy) is 2. The largest absolute Gasteiger partial charge is 0.486 e. The average Bonchev–Trinajstić information content (AvgIpc) is 2.38. The Hall–Kier alpha value is -0.930. The number of hydrogen-bond acceptors (Lipinski definition) is 3. The van der Waals surface area contributed by atoms with Crippen LogP contribution in [0.2, 0.25) is 0 Å². The second kappa shape index (κ2) is 5.81. The van der Waals surface area contributed by atoms with E-state index in [1.165, 1.54) is 5.56 Å². The van der Waals surface area contributed by atoms with E-state index in [4.69, 9.17) is 21.1 Å². The van der Waals surface area contributed by atoms with E-state index in [0.717, 1.165) is 24.6 Å². The van der Waals surface area contributed by atoms with Crippen LogP contribution in [0.25, 0.3) is 0 Å². The van der Waals surface area contributed by atoms with Gasteiger partial charge in [0.1, 0.15) is 13.2 Å². The van der Waals surface area contributed by atoms with Crippen LogP contribution in [0.5, 0.6) is 11.5 Å². The monoisotopic (exact) mass is 269 g/mol. The number of hydrogen-bond donors (Lipinski definition) is 1. The van der Waals surface area contributed by atoms with Crippen molar-refractivity contribution in [2.24, 2.45) is 0 Å². The van der Waals surface area contributed by atoms with Crippen LogP contribution in [0.3, 0.4) is 0 Å². The Kier molecular flexibility index (Phi) is 4.36. The minimum atomic E-state index is 0.0435. The fourth-order valence-corrected chi connectivity index (χ4v) is 2.17. The van der Waals surface area contributed by atoms with Gasteiger partial charge in [-0.05, 0) is 17.7 Å². The molecule has 100 valence electrons. The maximum atomic E-state index is 5.67. The van der Waals surface area contributed by atoms with Gasteiger partial charge in [-0.2, -0.15) is 0 Å². The predicted molar refractivity (Wildman–Crippen MR) is 74.0 cm³/mol. The number of alkyl halides is 1. The van der Waals surface area contributed by atoms with Gasteiger partial charge in [-0.3, -0.25) is 0 Å². The standard InChI is InChI=1S/C14H20ClNO2/c1-14(2,10-16-6-5-15)11-3-4-12-13(9-11)18-8-7-17-12/h3-4,9,16H,5-8,10H2,1-2H3. The second-order valence-corrected chi connectivity index (χ2v) is 5.49. The van der Waals surface area contributed by atoms with Crippen molar-refractivity contribution in [3.63, 3.8) is 0 Å². The average molecular weight is 270 g/mol. The van der Waals surface area contributed by atoms with Gasteiger partial charge in [-0.25, -0.2) is 0 Å². The summed E-state index contributed by atoms with van der Waals surface area (Å²) in [6.45, 7) is 7.39. The van der Waals surface area contributed by atoms with Gasteiger partial charge in [0.25, 0.3) is 0 Å². The molecular weight excluding hydrogens is 250 g/mol. The number of fused-ring (bicyclic) bond motifs is 1. The van der Waals surface area contributed by atoms with E-state index in [1.807, 2.05) is 6.07 Å².